The Balaban J connectivity index is 2.06. The lowest BCUT2D eigenvalue weighted by atomic mass is 10.0. The molecule has 0 spiro atoms. The average Bonchev–Trinajstić information content (AvgIpc) is 2.94. The highest BCUT2D eigenvalue weighted by atomic mass is 35.5. The summed E-state index contributed by atoms with van der Waals surface area (Å²) in [5.74, 6) is -0.398. The monoisotopic (exact) mass is 631 g/mol. The van der Waals surface area contributed by atoms with Crippen molar-refractivity contribution < 1.29 is 18.0 Å². The van der Waals surface area contributed by atoms with Crippen molar-refractivity contribution in [1.29, 1.82) is 0 Å². The van der Waals surface area contributed by atoms with Crippen LogP contribution in [-0.2, 0) is 32.6 Å². The number of halogens is 2. The van der Waals surface area contributed by atoms with Crippen molar-refractivity contribution in [3.8, 4) is 0 Å². The summed E-state index contributed by atoms with van der Waals surface area (Å²) in [5, 5.41) is 3.64. The van der Waals surface area contributed by atoms with E-state index in [1.54, 1.807) is 30.3 Å². The molecule has 2 amide bonds. The van der Waals surface area contributed by atoms with Gasteiger partial charge < -0.3 is 10.2 Å². The third-order valence-electron chi connectivity index (χ3n) is 6.82. The lowest BCUT2D eigenvalue weighted by Gasteiger charge is -2.33. The normalized spacial score (nSPS) is 12.3. The first-order valence-electron chi connectivity index (χ1n) is 13.9. The van der Waals surface area contributed by atoms with Crippen LogP contribution in [0.1, 0.15) is 50.3 Å². The first kappa shape index (κ1) is 33.4. The average molecular weight is 633 g/mol. The van der Waals surface area contributed by atoms with Gasteiger partial charge in [-0.05, 0) is 52.8 Å². The summed E-state index contributed by atoms with van der Waals surface area (Å²) >= 11 is 12.4. The van der Waals surface area contributed by atoms with Gasteiger partial charge in [0.1, 0.15) is 12.6 Å². The Morgan fingerprint density at radius 1 is 0.857 bits per heavy atom. The first-order valence-corrected chi connectivity index (χ1v) is 16.5. The van der Waals surface area contributed by atoms with E-state index < -0.39 is 28.5 Å². The largest absolute Gasteiger partial charge is 0.354 e. The molecule has 0 radical (unpaired) electrons. The summed E-state index contributed by atoms with van der Waals surface area (Å²) < 4.78 is 27.0. The van der Waals surface area contributed by atoms with Crippen LogP contribution < -0.4 is 9.62 Å². The predicted molar refractivity (Wildman–Crippen MR) is 172 cm³/mol. The molecule has 3 aromatic carbocycles. The SMILES string of the molecule is CC(C)CNC(=O)[C@@H](Cc1ccccc1)N(Cc1ccc(Cl)c(Cl)c1)C(=O)CN(c1ccc(C(C)C)cc1)S(C)(=O)=O. The predicted octanol–water partition coefficient (Wildman–Crippen LogP) is 6.30. The molecular weight excluding hydrogens is 593 g/mol. The van der Waals surface area contributed by atoms with Crippen molar-refractivity contribution in [2.75, 3.05) is 23.7 Å². The van der Waals surface area contributed by atoms with Crippen LogP contribution in [0.4, 0.5) is 5.69 Å². The van der Waals surface area contributed by atoms with Crippen molar-refractivity contribution >= 4 is 50.7 Å². The number of carbonyl (C=O) groups is 2. The number of hydrogen-bond donors (Lipinski definition) is 1. The van der Waals surface area contributed by atoms with Gasteiger partial charge in [0.2, 0.25) is 21.8 Å². The molecule has 0 aliphatic carbocycles. The van der Waals surface area contributed by atoms with Crippen LogP contribution in [0.15, 0.2) is 72.8 Å². The number of hydrogen-bond acceptors (Lipinski definition) is 4. The summed E-state index contributed by atoms with van der Waals surface area (Å²) in [5.41, 5.74) is 2.93. The molecule has 0 aliphatic rings. The van der Waals surface area contributed by atoms with Gasteiger partial charge in [-0.2, -0.15) is 0 Å². The van der Waals surface area contributed by atoms with Gasteiger partial charge in [0.15, 0.2) is 0 Å². The highest BCUT2D eigenvalue weighted by Gasteiger charge is 2.33. The summed E-state index contributed by atoms with van der Waals surface area (Å²) in [4.78, 5) is 29.3. The molecule has 0 bridgehead atoms. The Morgan fingerprint density at radius 2 is 1.50 bits per heavy atom. The number of nitrogens with zero attached hydrogens (tertiary/aromatic N) is 2. The minimum Gasteiger partial charge on any atom is -0.354 e. The summed E-state index contributed by atoms with van der Waals surface area (Å²) in [6.07, 6.45) is 1.30. The standard InChI is InChI=1S/C32H39Cl2N3O4S/c1-22(2)19-35-32(39)30(18-24-9-7-6-8-10-24)36(20-25-11-16-28(33)29(34)17-25)31(38)21-37(42(5,40)41)27-14-12-26(13-15-27)23(3)4/h6-17,22-23,30H,18-21H2,1-5H3,(H,35,39)/t30-/m1/s1. The van der Waals surface area contributed by atoms with Crippen molar-refractivity contribution in [3.05, 3.63) is 99.5 Å². The van der Waals surface area contributed by atoms with E-state index in [1.165, 1.54) is 4.90 Å². The molecule has 42 heavy (non-hydrogen) atoms. The molecule has 0 heterocycles. The number of anilines is 1. The number of benzene rings is 3. The lowest BCUT2D eigenvalue weighted by Crippen LogP contribution is -2.53. The van der Waals surface area contributed by atoms with E-state index in [9.17, 15) is 18.0 Å². The van der Waals surface area contributed by atoms with Crippen molar-refractivity contribution in [2.45, 2.75) is 52.6 Å². The number of carbonyl (C=O) groups excluding carboxylic acids is 2. The van der Waals surface area contributed by atoms with Gasteiger partial charge >= 0.3 is 0 Å². The minimum absolute atomic E-state index is 0.0200. The van der Waals surface area contributed by atoms with E-state index in [2.05, 4.69) is 5.32 Å². The fourth-order valence-corrected chi connectivity index (χ4v) is 5.62. The first-order chi connectivity index (χ1) is 19.8. The van der Waals surface area contributed by atoms with Gasteiger partial charge in [-0.25, -0.2) is 8.42 Å². The van der Waals surface area contributed by atoms with Crippen molar-refractivity contribution in [1.82, 2.24) is 10.2 Å². The molecular formula is C32H39Cl2N3O4S. The topological polar surface area (TPSA) is 86.8 Å². The number of rotatable bonds is 13. The molecule has 0 aromatic heterocycles. The van der Waals surface area contributed by atoms with Gasteiger partial charge in [-0.3, -0.25) is 13.9 Å². The summed E-state index contributed by atoms with van der Waals surface area (Å²) in [6.45, 7) is 8.03. The molecule has 3 aromatic rings. The van der Waals surface area contributed by atoms with Crippen LogP contribution >= 0.6 is 23.2 Å². The third kappa shape index (κ3) is 9.48. The molecule has 0 saturated heterocycles. The number of amides is 2. The van der Waals surface area contributed by atoms with Crippen LogP contribution in [0.5, 0.6) is 0 Å². The number of nitrogens with one attached hydrogen (secondary N) is 1. The Morgan fingerprint density at radius 3 is 2.05 bits per heavy atom. The molecule has 0 saturated carbocycles. The zero-order chi connectivity index (χ0) is 31.0. The summed E-state index contributed by atoms with van der Waals surface area (Å²) in [7, 11) is -3.84. The van der Waals surface area contributed by atoms with Crippen LogP contribution in [0.3, 0.4) is 0 Å². The van der Waals surface area contributed by atoms with Crippen molar-refractivity contribution in [3.63, 3.8) is 0 Å². The van der Waals surface area contributed by atoms with Gasteiger partial charge in [-0.1, -0.05) is 99.4 Å². The fourth-order valence-electron chi connectivity index (χ4n) is 4.45. The van der Waals surface area contributed by atoms with E-state index in [0.29, 0.717) is 27.8 Å². The Labute approximate surface area is 259 Å². The van der Waals surface area contributed by atoms with Gasteiger partial charge in [0, 0.05) is 19.5 Å². The maximum Gasteiger partial charge on any atom is 0.244 e. The summed E-state index contributed by atoms with van der Waals surface area (Å²) in [6, 6.07) is 20.6. The van der Waals surface area contributed by atoms with Gasteiger partial charge in [0.25, 0.3) is 0 Å². The smallest absolute Gasteiger partial charge is 0.244 e. The molecule has 10 heteroatoms. The minimum atomic E-state index is -3.84. The maximum absolute atomic E-state index is 14.2. The van der Waals surface area contributed by atoms with Crippen LogP contribution in [0.25, 0.3) is 0 Å². The molecule has 0 fully saturated rings. The van der Waals surface area contributed by atoms with Crippen LogP contribution in [-0.4, -0.2) is 50.5 Å². The molecule has 1 N–H and O–H groups in total. The van der Waals surface area contributed by atoms with Gasteiger partial charge in [0.05, 0.1) is 22.0 Å². The molecule has 7 nitrogen and oxygen atoms in total. The van der Waals surface area contributed by atoms with E-state index in [4.69, 9.17) is 23.2 Å². The highest BCUT2D eigenvalue weighted by molar-refractivity contribution is 7.92. The van der Waals surface area contributed by atoms with Crippen LogP contribution in [0, 0.1) is 5.92 Å². The quantitative estimate of drug-likeness (QED) is 0.240. The third-order valence-corrected chi connectivity index (χ3v) is 8.70. The Bertz CT molecular complexity index is 1460. The Hall–Kier alpha value is -3.07. The van der Waals surface area contributed by atoms with Crippen molar-refractivity contribution in [2.24, 2.45) is 5.92 Å². The van der Waals surface area contributed by atoms with Gasteiger partial charge in [-0.15, -0.1) is 0 Å². The fraction of sp³-hybridized carbons (Fsp3) is 0.375. The number of sulfonamides is 1. The molecule has 3 rings (SSSR count). The zero-order valence-corrected chi connectivity index (χ0v) is 27.0. The second-order valence-electron chi connectivity index (χ2n) is 11.1. The Kier molecular flexibility index (Phi) is 11.9. The van der Waals surface area contributed by atoms with Crippen LogP contribution in [0.2, 0.25) is 10.0 Å². The van der Waals surface area contributed by atoms with E-state index in [1.807, 2.05) is 70.2 Å². The van der Waals surface area contributed by atoms with E-state index in [-0.39, 0.29) is 30.7 Å². The molecule has 0 aliphatic heterocycles. The zero-order valence-electron chi connectivity index (χ0n) is 24.7. The maximum atomic E-state index is 14.2. The van der Waals surface area contributed by atoms with E-state index in [0.717, 1.165) is 21.7 Å². The lowest BCUT2D eigenvalue weighted by molar-refractivity contribution is -0.140. The highest BCUT2D eigenvalue weighted by Crippen LogP contribution is 2.26. The second kappa shape index (κ2) is 14.9. The van der Waals surface area contributed by atoms with E-state index >= 15 is 0 Å². The molecule has 226 valence electrons. The molecule has 1 atom stereocenters. The second-order valence-corrected chi connectivity index (χ2v) is 13.9. The molecule has 0 unspecified atom stereocenters.